The van der Waals surface area contributed by atoms with E-state index in [-0.39, 0.29) is 16.9 Å². The third-order valence-electron chi connectivity index (χ3n) is 5.56. The van der Waals surface area contributed by atoms with Gasteiger partial charge in [0, 0.05) is 17.7 Å². The molecular formula is C21H20O12. The molecule has 0 unspecified atom stereocenters. The van der Waals surface area contributed by atoms with Crippen molar-refractivity contribution >= 4 is 11.0 Å². The molecule has 4 rings (SSSR count). The van der Waals surface area contributed by atoms with Gasteiger partial charge in [0.1, 0.15) is 52.6 Å². The molecule has 0 bridgehead atoms. The number of ether oxygens (including phenoxy) is 1. The number of aliphatic hydroxyl groups is 5. The fourth-order valence-corrected chi connectivity index (χ4v) is 3.82. The van der Waals surface area contributed by atoms with Gasteiger partial charge in [0.2, 0.25) is 5.79 Å². The number of hydrogen-bond donors (Lipinski definition) is 9. The van der Waals surface area contributed by atoms with Gasteiger partial charge in [-0.25, -0.2) is 0 Å². The summed E-state index contributed by atoms with van der Waals surface area (Å²) in [6.07, 6.45) is -7.75. The number of phenolic OH excluding ortho intramolecular Hbond substituents is 4. The second kappa shape index (κ2) is 7.88. The fraction of sp³-hybridized carbons (Fsp3) is 0.286. The minimum atomic E-state index is -3.03. The lowest BCUT2D eigenvalue weighted by atomic mass is 9.86. The number of fused-ring (bicyclic) bond motifs is 1. The van der Waals surface area contributed by atoms with Gasteiger partial charge in [0.25, 0.3) is 0 Å². The van der Waals surface area contributed by atoms with E-state index in [1.165, 1.54) is 6.07 Å². The predicted molar refractivity (Wildman–Crippen MR) is 108 cm³/mol. The van der Waals surface area contributed by atoms with Crippen LogP contribution in [0.3, 0.4) is 0 Å². The highest BCUT2D eigenvalue weighted by atomic mass is 16.7. The van der Waals surface area contributed by atoms with Gasteiger partial charge < -0.3 is 55.1 Å². The van der Waals surface area contributed by atoms with E-state index in [2.05, 4.69) is 0 Å². The Morgan fingerprint density at radius 2 is 1.61 bits per heavy atom. The quantitative estimate of drug-likeness (QED) is 0.211. The largest absolute Gasteiger partial charge is 0.507 e. The Morgan fingerprint density at radius 1 is 0.909 bits per heavy atom. The van der Waals surface area contributed by atoms with E-state index in [0.717, 1.165) is 24.3 Å². The van der Waals surface area contributed by atoms with Crippen molar-refractivity contribution in [2.45, 2.75) is 30.2 Å². The van der Waals surface area contributed by atoms with Gasteiger partial charge in [0.05, 0.1) is 12.2 Å². The lowest BCUT2D eigenvalue weighted by molar-refractivity contribution is -0.358. The molecule has 33 heavy (non-hydrogen) atoms. The molecule has 1 saturated heterocycles. The van der Waals surface area contributed by atoms with Gasteiger partial charge in [-0.05, 0) is 18.2 Å². The zero-order valence-corrected chi connectivity index (χ0v) is 16.7. The first-order chi connectivity index (χ1) is 15.5. The topological polar surface area (TPSA) is 222 Å². The van der Waals surface area contributed by atoms with E-state index in [0.29, 0.717) is 0 Å². The van der Waals surface area contributed by atoms with E-state index < -0.39 is 76.2 Å². The molecule has 9 N–H and O–H groups in total. The van der Waals surface area contributed by atoms with Gasteiger partial charge in [-0.15, -0.1) is 0 Å². The lowest BCUT2D eigenvalue weighted by Crippen LogP contribution is -2.63. The summed E-state index contributed by atoms with van der Waals surface area (Å²) in [6, 6.07) is 5.39. The monoisotopic (exact) mass is 464 g/mol. The zero-order valence-electron chi connectivity index (χ0n) is 16.7. The van der Waals surface area contributed by atoms with Crippen LogP contribution in [-0.4, -0.2) is 77.0 Å². The molecule has 3 aromatic rings. The first kappa shape index (κ1) is 22.8. The number of aliphatic hydroxyl groups excluding tert-OH is 4. The second-order valence-electron chi connectivity index (χ2n) is 7.63. The number of aromatic hydroxyl groups is 4. The maximum atomic E-state index is 12.8. The molecule has 0 saturated carbocycles. The van der Waals surface area contributed by atoms with Crippen molar-refractivity contribution in [3.05, 3.63) is 46.1 Å². The van der Waals surface area contributed by atoms with Gasteiger partial charge in [0.15, 0.2) is 16.9 Å². The summed E-state index contributed by atoms with van der Waals surface area (Å²) < 4.78 is 10.7. The van der Waals surface area contributed by atoms with Crippen molar-refractivity contribution < 1.29 is 55.1 Å². The number of phenols is 4. The molecule has 5 atom stereocenters. The van der Waals surface area contributed by atoms with Gasteiger partial charge in [-0.3, -0.25) is 4.79 Å². The normalized spacial score (nSPS) is 27.7. The van der Waals surface area contributed by atoms with E-state index in [9.17, 15) is 50.8 Å². The van der Waals surface area contributed by atoms with Crippen LogP contribution in [0.25, 0.3) is 22.3 Å². The molecule has 1 aliphatic heterocycles. The third kappa shape index (κ3) is 3.45. The van der Waals surface area contributed by atoms with Gasteiger partial charge in [-0.1, -0.05) is 0 Å². The van der Waals surface area contributed by atoms with Crippen LogP contribution in [0.4, 0.5) is 0 Å². The van der Waals surface area contributed by atoms with Crippen molar-refractivity contribution in [1.29, 1.82) is 0 Å². The summed E-state index contributed by atoms with van der Waals surface area (Å²) in [6.45, 7) is -0.896. The molecule has 0 amide bonds. The van der Waals surface area contributed by atoms with Crippen LogP contribution in [0.1, 0.15) is 5.56 Å². The van der Waals surface area contributed by atoms with Crippen LogP contribution < -0.4 is 5.43 Å². The molecule has 1 aromatic heterocycles. The molecule has 1 fully saturated rings. The van der Waals surface area contributed by atoms with Crippen LogP contribution in [0, 0.1) is 0 Å². The summed E-state index contributed by atoms with van der Waals surface area (Å²) in [5.74, 6) is -5.96. The van der Waals surface area contributed by atoms with Crippen molar-refractivity contribution in [3.8, 4) is 34.3 Å². The predicted octanol–water partition coefficient (Wildman–Crippen LogP) is -1.10. The Bertz CT molecular complexity index is 1280. The highest BCUT2D eigenvalue weighted by Crippen LogP contribution is 2.47. The Morgan fingerprint density at radius 3 is 2.24 bits per heavy atom. The lowest BCUT2D eigenvalue weighted by Gasteiger charge is -2.45. The summed E-state index contributed by atoms with van der Waals surface area (Å²) in [5, 5.41) is 90.5. The molecule has 1 aliphatic rings. The molecule has 0 aliphatic carbocycles. The van der Waals surface area contributed by atoms with E-state index >= 15 is 0 Å². The molecule has 12 heteroatoms. The second-order valence-corrected chi connectivity index (χ2v) is 7.63. The zero-order chi connectivity index (χ0) is 24.2. The molecule has 2 aromatic carbocycles. The molecule has 176 valence electrons. The minimum absolute atomic E-state index is 0.0964. The molecule has 2 heterocycles. The summed E-state index contributed by atoms with van der Waals surface area (Å²) in [7, 11) is 0. The van der Waals surface area contributed by atoms with Crippen LogP contribution >= 0.6 is 0 Å². The smallest absolute Gasteiger partial charge is 0.229 e. The highest BCUT2D eigenvalue weighted by molar-refractivity contribution is 5.88. The number of hydrogen-bond acceptors (Lipinski definition) is 12. The Hall–Kier alpha value is -3.39. The Balaban J connectivity index is 1.91. The summed E-state index contributed by atoms with van der Waals surface area (Å²) >= 11 is 0. The van der Waals surface area contributed by atoms with Gasteiger partial charge in [-0.2, -0.15) is 0 Å². The maximum absolute atomic E-state index is 12.8. The van der Waals surface area contributed by atoms with E-state index in [1.54, 1.807) is 0 Å². The minimum Gasteiger partial charge on any atom is -0.507 e. The van der Waals surface area contributed by atoms with Crippen molar-refractivity contribution in [2.24, 2.45) is 0 Å². The Labute approximate surface area is 184 Å². The Kier molecular flexibility index (Phi) is 5.44. The third-order valence-corrected chi connectivity index (χ3v) is 5.56. The van der Waals surface area contributed by atoms with E-state index in [1.807, 2.05) is 0 Å². The molecule has 12 nitrogen and oxygen atoms in total. The molecule has 0 radical (unpaired) electrons. The van der Waals surface area contributed by atoms with Crippen molar-refractivity contribution in [2.75, 3.05) is 6.61 Å². The van der Waals surface area contributed by atoms with Crippen molar-refractivity contribution in [1.82, 2.24) is 0 Å². The van der Waals surface area contributed by atoms with Crippen molar-refractivity contribution in [3.63, 3.8) is 0 Å². The average Bonchev–Trinajstić information content (AvgIpc) is 2.76. The number of rotatable bonds is 3. The van der Waals surface area contributed by atoms with E-state index in [4.69, 9.17) is 9.15 Å². The fourth-order valence-electron chi connectivity index (χ4n) is 3.82. The average molecular weight is 464 g/mol. The first-order valence-electron chi connectivity index (χ1n) is 9.60. The SMILES string of the molecule is O=c1cc(-c2ccc(O)c(O)c2)oc2cc(O)c([C@]3(O)O[C@H](CO)[C@@H](O)[C@@H](O)[C@@H]3O)c(O)c12. The summed E-state index contributed by atoms with van der Waals surface area (Å²) in [5.41, 5.74) is -1.92. The first-order valence-corrected chi connectivity index (χ1v) is 9.60. The van der Waals surface area contributed by atoms with Gasteiger partial charge >= 0.3 is 0 Å². The van der Waals surface area contributed by atoms with Crippen LogP contribution in [0.5, 0.6) is 23.0 Å². The van der Waals surface area contributed by atoms with Crippen LogP contribution in [0.15, 0.2) is 39.5 Å². The molecular weight excluding hydrogens is 444 g/mol. The number of benzene rings is 2. The standard InChI is InChI=1S/C21H20O12/c22-6-14-17(27)19(29)20(30)21(31,33-14)16-11(26)5-13-15(18(16)28)10(25)4-12(32-13)7-1-2-8(23)9(24)3-7/h1-5,14,17,19-20,22-24,26-31H,6H2/t14-,17-,19-,20+,21+/m1/s1. The van der Waals surface area contributed by atoms with Crippen LogP contribution in [0.2, 0.25) is 0 Å². The summed E-state index contributed by atoms with van der Waals surface area (Å²) in [4.78, 5) is 12.8. The highest BCUT2D eigenvalue weighted by Gasteiger charge is 2.56. The van der Waals surface area contributed by atoms with Crippen LogP contribution in [-0.2, 0) is 10.5 Å². The molecule has 0 spiro atoms. The maximum Gasteiger partial charge on any atom is 0.229 e.